The van der Waals surface area contributed by atoms with Crippen molar-refractivity contribution in [3.8, 4) is 0 Å². The molecule has 5 heterocycles. The molecule has 3 aromatic rings. The van der Waals surface area contributed by atoms with E-state index in [9.17, 15) is 9.59 Å². The number of rotatable bonds is 4. The summed E-state index contributed by atoms with van der Waals surface area (Å²) < 4.78 is 4.61. The monoisotopic (exact) mass is 491 g/mol. The number of aryl methyl sites for hydroxylation is 1. The summed E-state index contributed by atoms with van der Waals surface area (Å²) in [7, 11) is 1.30. The second-order valence-electron chi connectivity index (χ2n) is 8.85. The number of nitrogens with one attached hydrogen (secondary N) is 2. The number of hydrogen-bond acceptors (Lipinski definition) is 9. The van der Waals surface area contributed by atoms with Gasteiger partial charge in [-0.3, -0.25) is 9.78 Å². The Balaban J connectivity index is 0.000000201. The highest BCUT2D eigenvalue weighted by Crippen LogP contribution is 2.20. The molecular weight excluding hydrogens is 458 g/mol. The van der Waals surface area contributed by atoms with Gasteiger partial charge >= 0.3 is 5.97 Å². The van der Waals surface area contributed by atoms with Gasteiger partial charge in [0.25, 0.3) is 5.91 Å². The molecule has 3 aromatic heterocycles. The summed E-state index contributed by atoms with van der Waals surface area (Å²) in [6, 6.07) is 7.30. The summed E-state index contributed by atoms with van der Waals surface area (Å²) in [5, 5.41) is 6.39. The molecule has 2 aliphatic heterocycles. The summed E-state index contributed by atoms with van der Waals surface area (Å²) in [6.07, 6.45) is 8.34. The van der Waals surface area contributed by atoms with E-state index >= 15 is 0 Å². The fraction of sp³-hybridized carbons (Fsp3) is 0.385. The van der Waals surface area contributed by atoms with Gasteiger partial charge in [0.1, 0.15) is 5.69 Å². The molecule has 5 rings (SSSR count). The lowest BCUT2D eigenvalue weighted by Crippen LogP contribution is -2.42. The zero-order valence-electron chi connectivity index (χ0n) is 20.8. The lowest BCUT2D eigenvalue weighted by Gasteiger charge is -2.33. The molecule has 0 spiro atoms. The zero-order valence-corrected chi connectivity index (χ0v) is 20.8. The highest BCUT2D eigenvalue weighted by molar-refractivity contribution is 5.97. The van der Waals surface area contributed by atoms with E-state index in [1.54, 1.807) is 12.3 Å². The van der Waals surface area contributed by atoms with Gasteiger partial charge in [0.2, 0.25) is 5.95 Å². The zero-order chi connectivity index (χ0) is 25.5. The molecule has 0 aromatic carbocycles. The van der Waals surface area contributed by atoms with E-state index in [1.807, 2.05) is 30.2 Å². The number of anilines is 2. The van der Waals surface area contributed by atoms with Gasteiger partial charge in [-0.1, -0.05) is 0 Å². The van der Waals surface area contributed by atoms with Crippen molar-refractivity contribution in [3.05, 3.63) is 71.1 Å². The second kappa shape index (κ2) is 11.7. The number of piperidine rings is 1. The van der Waals surface area contributed by atoms with Crippen molar-refractivity contribution < 1.29 is 15.8 Å². The summed E-state index contributed by atoms with van der Waals surface area (Å²) in [4.78, 5) is 42.6. The number of hydrogen-bond donors (Lipinski definition) is 2. The van der Waals surface area contributed by atoms with Crippen molar-refractivity contribution in [2.75, 3.05) is 19.0 Å². The fourth-order valence-electron chi connectivity index (χ4n) is 4.13. The Morgan fingerprint density at radius 2 is 2.00 bits per heavy atom. The third-order valence-corrected chi connectivity index (χ3v) is 6.19. The molecular formula is C26H33N7O3. The van der Waals surface area contributed by atoms with Gasteiger partial charge in [0.15, 0.2) is 0 Å². The van der Waals surface area contributed by atoms with Crippen LogP contribution in [-0.4, -0.2) is 56.4 Å². The maximum absolute atomic E-state index is 12.4. The maximum Gasteiger partial charge on any atom is 0.356 e. The number of pyridine rings is 2. The molecule has 1 fully saturated rings. The number of nitrogens with zero attached hydrogens (tertiary/aromatic N) is 5. The maximum atomic E-state index is 12.4. The molecule has 1 saturated heterocycles. The average Bonchev–Trinajstić information content (AvgIpc) is 3.38. The Kier molecular flexibility index (Phi) is 8.17. The first-order chi connectivity index (χ1) is 17.4. The number of fused-ring (bicyclic) bond motifs is 1. The number of aromatic nitrogens is 4. The molecule has 0 unspecified atom stereocenters. The quantitative estimate of drug-likeness (QED) is 0.527. The van der Waals surface area contributed by atoms with Crippen LogP contribution in [0, 0.1) is 6.92 Å². The SMILES string of the molecule is COC(=O)c1cc(C(=O)N2CCCC[C@H]2C)ccn1.Cc1ccc(Nc2ncc3c(n2)CNC3)cn1.[HH]. The summed E-state index contributed by atoms with van der Waals surface area (Å²) >= 11 is 0. The molecule has 0 bridgehead atoms. The van der Waals surface area contributed by atoms with E-state index in [0.29, 0.717) is 11.5 Å². The summed E-state index contributed by atoms with van der Waals surface area (Å²) in [5.41, 5.74) is 4.80. The average molecular weight is 492 g/mol. The van der Waals surface area contributed by atoms with E-state index in [4.69, 9.17) is 0 Å². The highest BCUT2D eigenvalue weighted by Gasteiger charge is 2.25. The van der Waals surface area contributed by atoms with E-state index in [0.717, 1.165) is 56.0 Å². The smallest absolute Gasteiger partial charge is 0.356 e. The number of methoxy groups -OCH3 is 1. The van der Waals surface area contributed by atoms with Gasteiger partial charge in [-0.05, 0) is 57.4 Å². The number of carbonyl (C=O) groups excluding carboxylic acids is 2. The van der Waals surface area contributed by atoms with E-state index < -0.39 is 5.97 Å². The van der Waals surface area contributed by atoms with Gasteiger partial charge in [0.05, 0.1) is 24.7 Å². The number of likely N-dealkylation sites (tertiary alicyclic amines) is 1. The predicted molar refractivity (Wildman–Crippen MR) is 137 cm³/mol. The van der Waals surface area contributed by atoms with Crippen molar-refractivity contribution in [1.29, 1.82) is 0 Å². The predicted octanol–water partition coefficient (Wildman–Crippen LogP) is 3.66. The first kappa shape index (κ1) is 25.2. The van der Waals surface area contributed by atoms with Crippen LogP contribution in [0.1, 0.15) is 65.4 Å². The van der Waals surface area contributed by atoms with E-state index in [-0.39, 0.29) is 19.1 Å². The van der Waals surface area contributed by atoms with Crippen molar-refractivity contribution in [3.63, 3.8) is 0 Å². The molecule has 0 radical (unpaired) electrons. The summed E-state index contributed by atoms with van der Waals surface area (Å²) in [6.45, 7) is 6.47. The number of amides is 1. The first-order valence-electron chi connectivity index (χ1n) is 12.0. The Labute approximate surface area is 212 Å². The van der Waals surface area contributed by atoms with Gasteiger partial charge in [0, 0.05) is 56.3 Å². The third-order valence-electron chi connectivity index (χ3n) is 6.19. The molecule has 1 amide bonds. The molecule has 2 N–H and O–H groups in total. The van der Waals surface area contributed by atoms with Crippen molar-refractivity contribution >= 4 is 23.5 Å². The molecule has 36 heavy (non-hydrogen) atoms. The molecule has 0 aliphatic carbocycles. The molecule has 2 aliphatic rings. The lowest BCUT2D eigenvalue weighted by molar-refractivity contribution is 0.0594. The number of carbonyl (C=O) groups is 2. The van der Waals surface area contributed by atoms with E-state index in [1.165, 1.54) is 24.9 Å². The second-order valence-corrected chi connectivity index (χ2v) is 8.85. The Hall–Kier alpha value is -3.92. The van der Waals surface area contributed by atoms with Crippen LogP contribution in [0.15, 0.2) is 42.9 Å². The van der Waals surface area contributed by atoms with Crippen molar-refractivity contribution in [1.82, 2.24) is 30.2 Å². The Morgan fingerprint density at radius 1 is 1.14 bits per heavy atom. The van der Waals surface area contributed by atoms with Crippen LogP contribution in [0.5, 0.6) is 0 Å². The Bertz CT molecular complexity index is 1220. The lowest BCUT2D eigenvalue weighted by atomic mass is 10.0. The topological polar surface area (TPSA) is 122 Å². The van der Waals surface area contributed by atoms with Crippen LogP contribution in [0.25, 0.3) is 0 Å². The van der Waals surface area contributed by atoms with Gasteiger partial charge in [-0.25, -0.2) is 19.7 Å². The molecule has 10 heteroatoms. The van der Waals surface area contributed by atoms with Gasteiger partial charge in [-0.15, -0.1) is 0 Å². The largest absolute Gasteiger partial charge is 0.464 e. The van der Waals surface area contributed by atoms with E-state index in [2.05, 4.69) is 42.2 Å². The first-order valence-corrected chi connectivity index (χ1v) is 12.0. The highest BCUT2D eigenvalue weighted by atomic mass is 16.5. The number of esters is 1. The van der Waals surface area contributed by atoms with Crippen LogP contribution in [0.4, 0.5) is 11.6 Å². The minimum absolute atomic E-state index is 0. The van der Waals surface area contributed by atoms with Crippen molar-refractivity contribution in [2.45, 2.75) is 52.2 Å². The molecule has 10 nitrogen and oxygen atoms in total. The van der Waals surface area contributed by atoms with Crippen LogP contribution in [0.3, 0.4) is 0 Å². The molecule has 1 atom stereocenters. The molecule has 190 valence electrons. The van der Waals surface area contributed by atoms with Crippen LogP contribution in [-0.2, 0) is 17.8 Å². The Morgan fingerprint density at radius 3 is 2.75 bits per heavy atom. The normalized spacial score (nSPS) is 16.4. The minimum Gasteiger partial charge on any atom is -0.464 e. The fourth-order valence-corrected chi connectivity index (χ4v) is 4.13. The van der Waals surface area contributed by atoms with Crippen LogP contribution < -0.4 is 10.6 Å². The van der Waals surface area contributed by atoms with Crippen LogP contribution >= 0.6 is 0 Å². The summed E-state index contributed by atoms with van der Waals surface area (Å²) in [5.74, 6) is 0.0548. The third kappa shape index (κ3) is 6.19. The number of ether oxygens (including phenoxy) is 1. The van der Waals surface area contributed by atoms with Crippen LogP contribution in [0.2, 0.25) is 0 Å². The minimum atomic E-state index is -0.527. The molecule has 0 saturated carbocycles. The standard InChI is InChI=1S/C14H18N2O3.C12H13N5.H2/c1-10-5-3-4-8-16(10)13(17)11-6-7-15-12(9-11)14(18)19-2;1-8-2-3-10(6-14-8)16-12-15-5-9-4-13-7-11(9)17-12;/h6-7,9-10H,3-5,8H2,1-2H3;2-3,5-6,13H,4,7H2,1H3,(H,15,16,17);1H/t10-;;/m1../s1. The van der Waals surface area contributed by atoms with Crippen molar-refractivity contribution in [2.24, 2.45) is 0 Å². The van der Waals surface area contributed by atoms with Gasteiger partial charge < -0.3 is 20.3 Å². The van der Waals surface area contributed by atoms with Gasteiger partial charge in [-0.2, -0.15) is 0 Å².